The molecule has 4 rings (SSSR count). The first kappa shape index (κ1) is 24.7. The normalized spacial score (nSPS) is 17.7. The highest BCUT2D eigenvalue weighted by molar-refractivity contribution is 6.04. The van der Waals surface area contributed by atoms with E-state index in [0.29, 0.717) is 12.0 Å². The van der Waals surface area contributed by atoms with Gasteiger partial charge in [0.2, 0.25) is 0 Å². The average molecular weight is 497 g/mol. The van der Waals surface area contributed by atoms with Crippen LogP contribution in [0.1, 0.15) is 41.9 Å². The molecule has 2 aliphatic rings. The number of alkyl halides is 3. The molecule has 1 heterocycles. The number of halogens is 3. The number of ether oxygens (including phenoxy) is 1. The Morgan fingerprint density at radius 2 is 1.92 bits per heavy atom. The SMILES string of the molecule is N#Cc1cccc(C2C3=C(CCCC3=O)NC(C(F)(F)F)=C2C(=O)OCc2ccc([N+](=O)[O-])cc2)c1. The molecular formula is C25H18F3N3O5. The van der Waals surface area contributed by atoms with E-state index in [2.05, 4.69) is 5.32 Å². The van der Waals surface area contributed by atoms with Gasteiger partial charge in [-0.15, -0.1) is 0 Å². The lowest BCUT2D eigenvalue weighted by Gasteiger charge is -2.35. The molecule has 1 aliphatic carbocycles. The summed E-state index contributed by atoms with van der Waals surface area (Å²) >= 11 is 0. The van der Waals surface area contributed by atoms with Crippen LogP contribution in [-0.2, 0) is 20.9 Å². The van der Waals surface area contributed by atoms with Crippen molar-refractivity contribution in [3.05, 3.63) is 97.9 Å². The zero-order valence-corrected chi connectivity index (χ0v) is 18.6. The zero-order chi connectivity index (χ0) is 26.0. The first-order valence-electron chi connectivity index (χ1n) is 10.8. The molecule has 1 unspecified atom stereocenters. The summed E-state index contributed by atoms with van der Waals surface area (Å²) < 4.78 is 47.7. The summed E-state index contributed by atoms with van der Waals surface area (Å²) in [5.74, 6) is -3.08. The van der Waals surface area contributed by atoms with Crippen LogP contribution in [0.2, 0.25) is 0 Å². The number of carbonyl (C=O) groups excluding carboxylic acids is 2. The average Bonchev–Trinajstić information content (AvgIpc) is 2.86. The molecule has 11 heteroatoms. The first-order valence-corrected chi connectivity index (χ1v) is 10.8. The van der Waals surface area contributed by atoms with E-state index in [0.717, 1.165) is 0 Å². The highest BCUT2D eigenvalue weighted by Gasteiger charge is 2.48. The van der Waals surface area contributed by atoms with Crippen LogP contribution < -0.4 is 5.32 Å². The predicted molar refractivity (Wildman–Crippen MR) is 119 cm³/mol. The molecule has 0 saturated carbocycles. The largest absolute Gasteiger partial charge is 0.457 e. The molecular weight excluding hydrogens is 479 g/mol. The van der Waals surface area contributed by atoms with Gasteiger partial charge in [0.25, 0.3) is 5.69 Å². The molecule has 1 N–H and O–H groups in total. The number of nitrogens with one attached hydrogen (secondary N) is 1. The van der Waals surface area contributed by atoms with Crippen LogP contribution in [0.3, 0.4) is 0 Å². The Hall–Kier alpha value is -4.46. The van der Waals surface area contributed by atoms with Gasteiger partial charge in [0.15, 0.2) is 5.78 Å². The number of carbonyl (C=O) groups is 2. The molecule has 0 aromatic heterocycles. The maximum Gasteiger partial charge on any atom is 0.431 e. The fourth-order valence-corrected chi connectivity index (χ4v) is 4.34. The summed E-state index contributed by atoms with van der Waals surface area (Å²) in [5.41, 5.74) is -1.50. The van der Waals surface area contributed by atoms with Crippen LogP contribution in [0.15, 0.2) is 71.1 Å². The maximum absolute atomic E-state index is 14.2. The molecule has 0 bridgehead atoms. The molecule has 2 aromatic rings. The lowest BCUT2D eigenvalue weighted by Crippen LogP contribution is -2.40. The number of Topliss-reactive ketones (excluding diaryl/α,β-unsaturated/α-hetero) is 1. The van der Waals surface area contributed by atoms with Crippen molar-refractivity contribution in [3.8, 4) is 6.07 Å². The summed E-state index contributed by atoms with van der Waals surface area (Å²) in [7, 11) is 0. The molecule has 1 atom stereocenters. The van der Waals surface area contributed by atoms with Gasteiger partial charge in [0.05, 0.1) is 22.1 Å². The van der Waals surface area contributed by atoms with Gasteiger partial charge in [-0.25, -0.2) is 4.79 Å². The molecule has 0 fully saturated rings. The van der Waals surface area contributed by atoms with Crippen LogP contribution in [0.5, 0.6) is 0 Å². The van der Waals surface area contributed by atoms with E-state index in [1.54, 1.807) is 0 Å². The molecule has 1 aliphatic heterocycles. The number of ketones is 1. The summed E-state index contributed by atoms with van der Waals surface area (Å²) in [6, 6.07) is 12.7. The summed E-state index contributed by atoms with van der Waals surface area (Å²) in [6.45, 7) is -0.448. The van der Waals surface area contributed by atoms with Crippen molar-refractivity contribution >= 4 is 17.4 Å². The third-order valence-corrected chi connectivity index (χ3v) is 5.95. The summed E-state index contributed by atoms with van der Waals surface area (Å²) in [6.07, 6.45) is -4.30. The second kappa shape index (κ2) is 9.65. The van der Waals surface area contributed by atoms with E-state index in [9.17, 15) is 38.1 Å². The number of nitro groups is 1. The smallest absolute Gasteiger partial charge is 0.431 e. The summed E-state index contributed by atoms with van der Waals surface area (Å²) in [5, 5.41) is 22.4. The van der Waals surface area contributed by atoms with Crippen molar-refractivity contribution in [1.29, 1.82) is 5.26 Å². The van der Waals surface area contributed by atoms with Crippen molar-refractivity contribution in [1.82, 2.24) is 5.32 Å². The lowest BCUT2D eigenvalue weighted by atomic mass is 9.75. The zero-order valence-electron chi connectivity index (χ0n) is 18.6. The second-order valence-electron chi connectivity index (χ2n) is 8.25. The number of benzene rings is 2. The highest BCUT2D eigenvalue weighted by Crippen LogP contribution is 2.46. The Balaban J connectivity index is 1.78. The molecule has 0 radical (unpaired) electrons. The standard InChI is InChI=1S/C25H18F3N3O5/c26-25(27,28)23-22(24(33)36-13-14-7-9-17(10-8-14)31(34)35)20(16-4-1-3-15(11-16)12-29)21-18(30-23)5-2-6-19(21)32/h1,3-4,7-11,20,30H,2,5-6,13H2. The van der Waals surface area contributed by atoms with Gasteiger partial charge >= 0.3 is 12.1 Å². The Kier molecular flexibility index (Phi) is 6.61. The van der Waals surface area contributed by atoms with Crippen molar-refractivity contribution < 1.29 is 32.4 Å². The van der Waals surface area contributed by atoms with E-state index in [-0.39, 0.29) is 40.9 Å². The number of hydrogen-bond acceptors (Lipinski definition) is 7. The summed E-state index contributed by atoms with van der Waals surface area (Å²) in [4.78, 5) is 36.3. The van der Waals surface area contributed by atoms with Crippen LogP contribution >= 0.6 is 0 Å². The van der Waals surface area contributed by atoms with Gasteiger partial charge in [-0.2, -0.15) is 18.4 Å². The Bertz CT molecular complexity index is 1350. The Morgan fingerprint density at radius 1 is 1.19 bits per heavy atom. The molecule has 0 saturated heterocycles. The van der Waals surface area contributed by atoms with Gasteiger partial charge in [0, 0.05) is 35.7 Å². The maximum atomic E-state index is 14.2. The van der Waals surface area contributed by atoms with Crippen molar-refractivity contribution in [2.75, 3.05) is 0 Å². The number of dihydropyridines is 1. The minimum Gasteiger partial charge on any atom is -0.457 e. The molecule has 0 amide bonds. The number of esters is 1. The third-order valence-electron chi connectivity index (χ3n) is 5.95. The Labute approximate surface area is 202 Å². The fraction of sp³-hybridized carbons (Fsp3) is 0.240. The minimum absolute atomic E-state index is 0.0478. The van der Waals surface area contributed by atoms with Crippen molar-refractivity contribution in [3.63, 3.8) is 0 Å². The van der Waals surface area contributed by atoms with Gasteiger partial charge in [-0.1, -0.05) is 12.1 Å². The van der Waals surface area contributed by atoms with Gasteiger partial charge in [0.1, 0.15) is 12.3 Å². The number of hydrogen-bond donors (Lipinski definition) is 1. The second-order valence-corrected chi connectivity index (χ2v) is 8.25. The molecule has 8 nitrogen and oxygen atoms in total. The number of allylic oxidation sites excluding steroid dienone is 3. The third kappa shape index (κ3) is 4.84. The molecule has 36 heavy (non-hydrogen) atoms. The van der Waals surface area contributed by atoms with Crippen LogP contribution in [-0.4, -0.2) is 22.9 Å². The molecule has 0 spiro atoms. The van der Waals surface area contributed by atoms with Gasteiger partial charge in [-0.05, 0) is 48.2 Å². The van der Waals surface area contributed by atoms with Gasteiger partial charge in [-0.3, -0.25) is 14.9 Å². The number of nitro benzene ring substituents is 1. The minimum atomic E-state index is -4.97. The van der Waals surface area contributed by atoms with Crippen molar-refractivity contribution in [2.24, 2.45) is 0 Å². The lowest BCUT2D eigenvalue weighted by molar-refractivity contribution is -0.384. The number of rotatable bonds is 5. The monoisotopic (exact) mass is 497 g/mol. The quantitative estimate of drug-likeness (QED) is 0.360. The van der Waals surface area contributed by atoms with E-state index >= 15 is 0 Å². The van der Waals surface area contributed by atoms with E-state index in [1.807, 2.05) is 6.07 Å². The van der Waals surface area contributed by atoms with E-state index in [4.69, 9.17) is 4.74 Å². The predicted octanol–water partition coefficient (Wildman–Crippen LogP) is 4.72. The Morgan fingerprint density at radius 3 is 2.56 bits per heavy atom. The molecule has 2 aromatic carbocycles. The van der Waals surface area contributed by atoms with Crippen LogP contribution in [0, 0.1) is 21.4 Å². The van der Waals surface area contributed by atoms with Crippen LogP contribution in [0.4, 0.5) is 18.9 Å². The van der Waals surface area contributed by atoms with Crippen LogP contribution in [0.25, 0.3) is 0 Å². The number of nitriles is 1. The van der Waals surface area contributed by atoms with Crippen molar-refractivity contribution in [2.45, 2.75) is 38.0 Å². The highest BCUT2D eigenvalue weighted by atomic mass is 19.4. The topological polar surface area (TPSA) is 122 Å². The van der Waals surface area contributed by atoms with E-state index in [1.165, 1.54) is 48.5 Å². The number of nitrogens with zero attached hydrogens (tertiary/aromatic N) is 2. The van der Waals surface area contributed by atoms with E-state index < -0.39 is 46.6 Å². The molecule has 184 valence electrons. The number of non-ortho nitro benzene ring substituents is 1. The fourth-order valence-electron chi connectivity index (χ4n) is 4.34. The van der Waals surface area contributed by atoms with Gasteiger partial charge < -0.3 is 10.1 Å². The first-order chi connectivity index (χ1) is 17.1.